The number of hydrogen-bond donors (Lipinski definition) is 2. The van der Waals surface area contributed by atoms with Crippen LogP contribution in [0.25, 0.3) is 0 Å². The Kier molecular flexibility index (Phi) is 5.41. The molecule has 9 nitrogen and oxygen atoms in total. The zero-order valence-corrected chi connectivity index (χ0v) is 12.6. The van der Waals surface area contributed by atoms with Gasteiger partial charge in [-0.15, -0.1) is 10.2 Å². The average Bonchev–Trinajstić information content (AvgIpc) is 2.50. The summed E-state index contributed by atoms with van der Waals surface area (Å²) in [5.74, 6) is -0.690. The van der Waals surface area contributed by atoms with Gasteiger partial charge in [-0.1, -0.05) is 30.0 Å². The van der Waals surface area contributed by atoms with Crippen molar-refractivity contribution in [3.05, 3.63) is 56.0 Å². The van der Waals surface area contributed by atoms with Gasteiger partial charge in [0, 0.05) is 23.8 Å². The number of carbonyl (C=O) groups is 1. The fraction of sp³-hybridized carbons (Fsp3) is 0.231. The highest BCUT2D eigenvalue weighted by Crippen LogP contribution is 2.19. The normalized spacial score (nSPS) is 10.4. The molecular weight excluding hydrogens is 324 g/mol. The van der Waals surface area contributed by atoms with Crippen molar-refractivity contribution in [2.45, 2.75) is 18.0 Å². The number of para-hydroxylation sites is 1. The summed E-state index contributed by atoms with van der Waals surface area (Å²) in [6, 6.07) is 6.08. The quantitative estimate of drug-likeness (QED) is 0.437. The molecule has 0 bridgehead atoms. The van der Waals surface area contributed by atoms with Gasteiger partial charge in [0.05, 0.1) is 11.3 Å². The summed E-state index contributed by atoms with van der Waals surface area (Å²) in [4.78, 5) is 35.3. The van der Waals surface area contributed by atoms with E-state index in [-0.39, 0.29) is 35.1 Å². The van der Waals surface area contributed by atoms with E-state index in [0.29, 0.717) is 5.56 Å². The number of thioether (sulfide) groups is 1. The second-order valence-corrected chi connectivity index (χ2v) is 5.54. The molecule has 0 unspecified atom stereocenters. The fourth-order valence-electron chi connectivity index (χ4n) is 1.78. The van der Waals surface area contributed by atoms with Crippen LogP contribution in [0.2, 0.25) is 0 Å². The number of H-pyrrole nitrogens is 1. The molecule has 23 heavy (non-hydrogen) atoms. The molecule has 0 saturated carbocycles. The van der Waals surface area contributed by atoms with Crippen LogP contribution in [0.5, 0.6) is 0 Å². The van der Waals surface area contributed by atoms with Gasteiger partial charge >= 0.3 is 5.97 Å². The molecule has 1 heterocycles. The summed E-state index contributed by atoms with van der Waals surface area (Å²) in [6.45, 7) is 0. The molecule has 0 fully saturated rings. The van der Waals surface area contributed by atoms with Crippen molar-refractivity contribution in [3.63, 3.8) is 0 Å². The van der Waals surface area contributed by atoms with Crippen LogP contribution in [-0.4, -0.2) is 36.9 Å². The summed E-state index contributed by atoms with van der Waals surface area (Å²) in [6.07, 6.45) is -0.0775. The maximum atomic E-state index is 12.0. The molecule has 10 heteroatoms. The Morgan fingerprint density at radius 2 is 2.09 bits per heavy atom. The molecule has 0 aliphatic heterocycles. The number of carboxylic acids is 1. The Hall–Kier alpha value is -2.75. The van der Waals surface area contributed by atoms with Crippen molar-refractivity contribution in [3.8, 4) is 0 Å². The van der Waals surface area contributed by atoms with Gasteiger partial charge in [-0.05, 0) is 0 Å². The maximum absolute atomic E-state index is 12.0. The Labute approximate surface area is 133 Å². The van der Waals surface area contributed by atoms with Crippen molar-refractivity contribution in [1.82, 2.24) is 15.2 Å². The van der Waals surface area contributed by atoms with Crippen LogP contribution in [0.15, 0.2) is 34.2 Å². The monoisotopic (exact) mass is 336 g/mol. The number of nitrogens with zero attached hydrogens (tertiary/aromatic N) is 3. The molecule has 0 atom stereocenters. The lowest BCUT2D eigenvalue weighted by Gasteiger charge is -2.03. The number of benzene rings is 1. The van der Waals surface area contributed by atoms with Gasteiger partial charge in [0.1, 0.15) is 5.69 Å². The molecule has 2 rings (SSSR count). The molecular formula is C13H12N4O5S. The summed E-state index contributed by atoms with van der Waals surface area (Å²) < 4.78 is 0. The molecule has 0 radical (unpaired) electrons. The van der Waals surface area contributed by atoms with Gasteiger partial charge < -0.3 is 5.11 Å². The number of rotatable bonds is 7. The number of nitro benzene ring substituents is 1. The second-order valence-electron chi connectivity index (χ2n) is 4.46. The van der Waals surface area contributed by atoms with E-state index >= 15 is 0 Å². The zero-order valence-electron chi connectivity index (χ0n) is 11.8. The zero-order chi connectivity index (χ0) is 16.8. The summed E-state index contributed by atoms with van der Waals surface area (Å²) in [5, 5.41) is 27.3. The molecule has 0 amide bonds. The first-order valence-electron chi connectivity index (χ1n) is 6.50. The number of aromatic nitrogens is 3. The first-order valence-corrected chi connectivity index (χ1v) is 7.48. The highest BCUT2D eigenvalue weighted by molar-refractivity contribution is 7.99. The fourth-order valence-corrected chi connectivity index (χ4v) is 2.51. The molecule has 1 aromatic carbocycles. The number of nitro groups is 1. The Bertz CT molecular complexity index is 792. The van der Waals surface area contributed by atoms with Gasteiger partial charge in [-0.25, -0.2) is 0 Å². The van der Waals surface area contributed by atoms with Crippen molar-refractivity contribution < 1.29 is 14.8 Å². The molecule has 0 spiro atoms. The standard InChI is InChI=1S/C13H12N4O5S/c18-11(19)5-6-23-13-14-12(20)9(15-16-13)7-8-3-1-2-4-10(8)17(21)22/h1-4H,5-7H2,(H,18,19)(H,14,16,20). The molecule has 0 aliphatic rings. The minimum Gasteiger partial charge on any atom is -0.481 e. The predicted molar refractivity (Wildman–Crippen MR) is 81.5 cm³/mol. The van der Waals surface area contributed by atoms with E-state index in [1.165, 1.54) is 6.07 Å². The third-order valence-corrected chi connectivity index (χ3v) is 3.71. The van der Waals surface area contributed by atoms with Crippen molar-refractivity contribution in [1.29, 1.82) is 0 Å². The lowest BCUT2D eigenvalue weighted by atomic mass is 10.1. The highest BCUT2D eigenvalue weighted by Gasteiger charge is 2.15. The van der Waals surface area contributed by atoms with E-state index in [4.69, 9.17) is 5.11 Å². The number of hydrogen-bond acceptors (Lipinski definition) is 7. The lowest BCUT2D eigenvalue weighted by molar-refractivity contribution is -0.385. The predicted octanol–water partition coefficient (Wildman–Crippen LogP) is 1.23. The Morgan fingerprint density at radius 1 is 1.35 bits per heavy atom. The first-order chi connectivity index (χ1) is 11.0. The average molecular weight is 336 g/mol. The third kappa shape index (κ3) is 4.61. The van der Waals surface area contributed by atoms with Crippen LogP contribution in [0, 0.1) is 10.1 Å². The van der Waals surface area contributed by atoms with Gasteiger partial charge in [-0.3, -0.25) is 24.7 Å². The van der Waals surface area contributed by atoms with Gasteiger partial charge in [0.15, 0.2) is 5.16 Å². The minimum absolute atomic E-state index is 0.0143. The summed E-state index contributed by atoms with van der Waals surface area (Å²) >= 11 is 1.07. The SMILES string of the molecule is O=C(O)CCSc1nnc(Cc2ccccc2[N+](=O)[O-])c(=O)[nH]1. The number of aliphatic carboxylic acids is 1. The van der Waals surface area contributed by atoms with Gasteiger partial charge in [-0.2, -0.15) is 0 Å². The van der Waals surface area contributed by atoms with Crippen LogP contribution in [0.4, 0.5) is 5.69 Å². The Balaban J connectivity index is 2.14. The second kappa shape index (κ2) is 7.49. The molecule has 2 aromatic rings. The van der Waals surface area contributed by atoms with Crippen molar-refractivity contribution in [2.24, 2.45) is 0 Å². The molecule has 0 saturated heterocycles. The molecule has 0 aliphatic carbocycles. The third-order valence-electron chi connectivity index (χ3n) is 2.85. The van der Waals surface area contributed by atoms with Crippen molar-refractivity contribution in [2.75, 3.05) is 5.75 Å². The molecule has 1 aromatic heterocycles. The van der Waals surface area contributed by atoms with Crippen LogP contribution >= 0.6 is 11.8 Å². The maximum Gasteiger partial charge on any atom is 0.304 e. The van der Waals surface area contributed by atoms with E-state index in [1.54, 1.807) is 18.2 Å². The van der Waals surface area contributed by atoms with Gasteiger partial charge in [0.25, 0.3) is 11.2 Å². The van der Waals surface area contributed by atoms with Crippen LogP contribution < -0.4 is 5.56 Å². The highest BCUT2D eigenvalue weighted by atomic mass is 32.2. The van der Waals surface area contributed by atoms with Crippen molar-refractivity contribution >= 4 is 23.4 Å². The van der Waals surface area contributed by atoms with E-state index in [9.17, 15) is 19.7 Å². The number of carboxylic acid groups (broad SMARTS) is 1. The molecule has 120 valence electrons. The van der Waals surface area contributed by atoms with Crippen LogP contribution in [0.1, 0.15) is 17.7 Å². The van der Waals surface area contributed by atoms with E-state index in [0.717, 1.165) is 11.8 Å². The number of aromatic amines is 1. The summed E-state index contributed by atoms with van der Waals surface area (Å²) in [5.41, 5.74) is -0.171. The topological polar surface area (TPSA) is 139 Å². The van der Waals surface area contributed by atoms with Crippen LogP contribution in [-0.2, 0) is 11.2 Å². The van der Waals surface area contributed by atoms with E-state index in [1.807, 2.05) is 0 Å². The largest absolute Gasteiger partial charge is 0.481 e. The Morgan fingerprint density at radius 3 is 2.74 bits per heavy atom. The van der Waals surface area contributed by atoms with E-state index in [2.05, 4.69) is 15.2 Å². The first kappa shape index (κ1) is 16.6. The van der Waals surface area contributed by atoms with E-state index < -0.39 is 16.5 Å². The van der Waals surface area contributed by atoms with Crippen LogP contribution in [0.3, 0.4) is 0 Å². The smallest absolute Gasteiger partial charge is 0.304 e. The van der Waals surface area contributed by atoms with Gasteiger partial charge in [0.2, 0.25) is 0 Å². The number of nitrogens with one attached hydrogen (secondary N) is 1. The minimum atomic E-state index is -0.944. The summed E-state index contributed by atoms with van der Waals surface area (Å²) in [7, 11) is 0. The lowest BCUT2D eigenvalue weighted by Crippen LogP contribution is -2.18. The molecule has 2 N–H and O–H groups in total.